The van der Waals surface area contributed by atoms with E-state index >= 15 is 0 Å². The van der Waals surface area contributed by atoms with Crippen molar-refractivity contribution in [2.24, 2.45) is 0 Å². The molecule has 0 aliphatic rings. The Morgan fingerprint density at radius 2 is 1.71 bits per heavy atom. The van der Waals surface area contributed by atoms with Crippen molar-refractivity contribution < 1.29 is 18.0 Å². The molecule has 0 aliphatic heterocycles. The molecule has 0 spiro atoms. The molecule has 7 nitrogen and oxygen atoms in total. The van der Waals surface area contributed by atoms with E-state index in [1.807, 2.05) is 6.92 Å². The molecule has 0 aromatic heterocycles. The van der Waals surface area contributed by atoms with Gasteiger partial charge in [-0.2, -0.15) is 0 Å². The number of anilines is 1. The molecule has 0 fully saturated rings. The summed E-state index contributed by atoms with van der Waals surface area (Å²) >= 11 is 18.7. The predicted molar refractivity (Wildman–Crippen MR) is 138 cm³/mol. The lowest BCUT2D eigenvalue weighted by Crippen LogP contribution is -2.51. The first-order valence-corrected chi connectivity index (χ1v) is 13.6. The lowest BCUT2D eigenvalue weighted by atomic mass is 10.1. The van der Waals surface area contributed by atoms with Crippen LogP contribution in [-0.2, 0) is 26.2 Å². The van der Waals surface area contributed by atoms with Gasteiger partial charge in [-0.25, -0.2) is 8.42 Å². The molecular weight excluding hydrogens is 521 g/mol. The number of halogens is 3. The van der Waals surface area contributed by atoms with Crippen LogP contribution < -0.4 is 9.62 Å². The van der Waals surface area contributed by atoms with Crippen molar-refractivity contribution in [3.8, 4) is 0 Å². The summed E-state index contributed by atoms with van der Waals surface area (Å²) in [5.74, 6) is -0.969. The van der Waals surface area contributed by atoms with E-state index in [9.17, 15) is 18.0 Å². The highest BCUT2D eigenvalue weighted by atomic mass is 35.5. The van der Waals surface area contributed by atoms with Crippen LogP contribution in [0.5, 0.6) is 0 Å². The molecule has 11 heteroatoms. The van der Waals surface area contributed by atoms with E-state index in [1.165, 1.54) is 11.0 Å². The normalized spacial score (nSPS) is 12.2. The zero-order valence-electron chi connectivity index (χ0n) is 19.4. The zero-order valence-corrected chi connectivity index (χ0v) is 22.5. The molecule has 1 atom stereocenters. The van der Waals surface area contributed by atoms with E-state index in [4.69, 9.17) is 34.8 Å². The Labute approximate surface area is 216 Å². The number of benzene rings is 2. The van der Waals surface area contributed by atoms with Crippen LogP contribution in [0.4, 0.5) is 5.69 Å². The van der Waals surface area contributed by atoms with Crippen molar-refractivity contribution in [3.05, 3.63) is 62.6 Å². The van der Waals surface area contributed by atoms with E-state index in [1.54, 1.807) is 44.2 Å². The number of hydrogen-bond donors (Lipinski definition) is 1. The van der Waals surface area contributed by atoms with Crippen LogP contribution in [0.3, 0.4) is 0 Å². The second kappa shape index (κ2) is 12.1. The lowest BCUT2D eigenvalue weighted by molar-refractivity contribution is -0.139. The molecule has 0 unspecified atom stereocenters. The Bertz CT molecular complexity index is 1140. The molecule has 2 aromatic carbocycles. The number of nitrogens with zero attached hydrogens (tertiary/aromatic N) is 2. The number of nitrogens with one attached hydrogen (secondary N) is 1. The monoisotopic (exact) mass is 547 g/mol. The van der Waals surface area contributed by atoms with Gasteiger partial charge in [0.15, 0.2) is 0 Å². The summed E-state index contributed by atoms with van der Waals surface area (Å²) in [6, 6.07) is 8.81. The van der Waals surface area contributed by atoms with Crippen molar-refractivity contribution >= 4 is 62.3 Å². The minimum atomic E-state index is -3.86. The van der Waals surface area contributed by atoms with Crippen molar-refractivity contribution in [1.82, 2.24) is 10.2 Å². The first-order valence-electron chi connectivity index (χ1n) is 10.6. The second-order valence-corrected chi connectivity index (χ2v) is 11.0. The molecule has 0 saturated carbocycles. The minimum absolute atomic E-state index is 0.0792. The molecule has 1 N–H and O–H groups in total. The fourth-order valence-corrected chi connectivity index (χ4v) is 4.86. The number of rotatable bonds is 10. The molecule has 2 rings (SSSR count). The molecule has 2 aromatic rings. The number of carbonyl (C=O) groups excluding carboxylic acids is 2. The van der Waals surface area contributed by atoms with E-state index in [-0.39, 0.29) is 18.1 Å². The average molecular weight is 549 g/mol. The molecule has 2 amide bonds. The van der Waals surface area contributed by atoms with Gasteiger partial charge < -0.3 is 10.2 Å². The summed E-state index contributed by atoms with van der Waals surface area (Å²) in [7, 11) is -3.86. The van der Waals surface area contributed by atoms with Crippen LogP contribution in [0.25, 0.3) is 0 Å². The molecule has 0 bridgehead atoms. The maximum absolute atomic E-state index is 13.5. The number of sulfonamides is 1. The Morgan fingerprint density at radius 3 is 2.26 bits per heavy atom. The van der Waals surface area contributed by atoms with E-state index in [0.29, 0.717) is 32.7 Å². The summed E-state index contributed by atoms with van der Waals surface area (Å²) in [5, 5.41) is 3.76. The average Bonchev–Trinajstić information content (AvgIpc) is 2.76. The van der Waals surface area contributed by atoms with Crippen LogP contribution in [0.2, 0.25) is 15.1 Å². The number of aryl methyl sites for hydroxylation is 1. The predicted octanol–water partition coefficient (Wildman–Crippen LogP) is 4.66. The van der Waals surface area contributed by atoms with Gasteiger partial charge >= 0.3 is 0 Å². The van der Waals surface area contributed by atoms with Gasteiger partial charge in [-0.3, -0.25) is 13.9 Å². The van der Waals surface area contributed by atoms with Gasteiger partial charge in [-0.15, -0.1) is 0 Å². The summed E-state index contributed by atoms with van der Waals surface area (Å²) in [6.07, 6.45) is 1.73. The molecule has 0 aliphatic carbocycles. The summed E-state index contributed by atoms with van der Waals surface area (Å²) < 4.78 is 26.3. The highest BCUT2D eigenvalue weighted by Gasteiger charge is 2.31. The summed E-state index contributed by atoms with van der Waals surface area (Å²) in [4.78, 5) is 27.6. The van der Waals surface area contributed by atoms with E-state index in [2.05, 4.69) is 5.32 Å². The summed E-state index contributed by atoms with van der Waals surface area (Å²) in [6.45, 7) is 5.03. The van der Waals surface area contributed by atoms with E-state index < -0.39 is 28.5 Å². The van der Waals surface area contributed by atoms with Crippen molar-refractivity contribution in [3.63, 3.8) is 0 Å². The van der Waals surface area contributed by atoms with Gasteiger partial charge in [0.1, 0.15) is 12.6 Å². The fraction of sp³-hybridized carbons (Fsp3) is 0.391. The molecule has 0 heterocycles. The second-order valence-electron chi connectivity index (χ2n) is 7.89. The number of hydrogen-bond acceptors (Lipinski definition) is 4. The largest absolute Gasteiger partial charge is 0.354 e. The molecular formula is C23H28Cl3N3O4S. The van der Waals surface area contributed by atoms with Gasteiger partial charge in [0.2, 0.25) is 21.8 Å². The highest BCUT2D eigenvalue weighted by molar-refractivity contribution is 7.92. The maximum Gasteiger partial charge on any atom is 0.244 e. The first-order chi connectivity index (χ1) is 15.9. The standard InChI is InChI=1S/C23H28Cl3N3O4S/c1-5-11-27-23(31)16(3)28(13-18-19(25)7-6-8-20(18)26)22(30)14-29(34(4,32)33)21-12-17(24)10-9-15(21)2/h6-10,12,16H,5,11,13-14H2,1-4H3,(H,27,31)/t16-/m1/s1. The SMILES string of the molecule is CCCNC(=O)[C@@H](C)N(Cc1c(Cl)cccc1Cl)C(=O)CN(c1cc(Cl)ccc1C)S(C)(=O)=O. The van der Waals surface area contributed by atoms with Crippen LogP contribution in [-0.4, -0.2) is 50.5 Å². The quantitative estimate of drug-likeness (QED) is 0.468. The van der Waals surface area contributed by atoms with Gasteiger partial charge in [0, 0.05) is 33.7 Å². The zero-order chi connectivity index (χ0) is 25.6. The first kappa shape index (κ1) is 28.2. The third-order valence-electron chi connectivity index (χ3n) is 5.23. The Kier molecular flexibility index (Phi) is 10.1. The lowest BCUT2D eigenvalue weighted by Gasteiger charge is -2.32. The molecule has 0 radical (unpaired) electrons. The minimum Gasteiger partial charge on any atom is -0.354 e. The maximum atomic E-state index is 13.5. The number of amides is 2. The van der Waals surface area contributed by atoms with Gasteiger partial charge in [-0.1, -0.05) is 53.9 Å². The Balaban J connectivity index is 2.48. The van der Waals surface area contributed by atoms with Crippen LogP contribution in [0.1, 0.15) is 31.4 Å². The van der Waals surface area contributed by atoms with Crippen molar-refractivity contribution in [2.45, 2.75) is 39.8 Å². The number of carbonyl (C=O) groups is 2. The topological polar surface area (TPSA) is 86.8 Å². The highest BCUT2D eigenvalue weighted by Crippen LogP contribution is 2.29. The molecule has 186 valence electrons. The Morgan fingerprint density at radius 1 is 1.09 bits per heavy atom. The van der Waals surface area contributed by atoms with Crippen LogP contribution >= 0.6 is 34.8 Å². The third kappa shape index (κ3) is 7.25. The smallest absolute Gasteiger partial charge is 0.244 e. The van der Waals surface area contributed by atoms with Gasteiger partial charge in [-0.05, 0) is 50.1 Å². The van der Waals surface area contributed by atoms with Crippen molar-refractivity contribution in [2.75, 3.05) is 23.7 Å². The van der Waals surface area contributed by atoms with Gasteiger partial charge in [0.05, 0.1) is 11.9 Å². The molecule has 0 saturated heterocycles. The van der Waals surface area contributed by atoms with E-state index in [0.717, 1.165) is 17.0 Å². The molecule has 34 heavy (non-hydrogen) atoms. The fourth-order valence-electron chi connectivity index (χ4n) is 3.28. The van der Waals surface area contributed by atoms with Crippen LogP contribution in [0.15, 0.2) is 36.4 Å². The van der Waals surface area contributed by atoms with Gasteiger partial charge in [0.25, 0.3) is 0 Å². The van der Waals surface area contributed by atoms with Crippen molar-refractivity contribution in [1.29, 1.82) is 0 Å². The summed E-state index contributed by atoms with van der Waals surface area (Å²) in [5.41, 5.74) is 1.36. The Hall–Kier alpha value is -2.00. The third-order valence-corrected chi connectivity index (χ3v) is 7.30. The van der Waals surface area contributed by atoms with Crippen LogP contribution in [0, 0.1) is 6.92 Å².